The van der Waals surface area contributed by atoms with E-state index in [1.54, 1.807) is 25.3 Å². The first-order chi connectivity index (χ1) is 12.6. The number of methoxy groups -OCH3 is 1. The molecular formula is C21H25FN2O2. The lowest BCUT2D eigenvalue weighted by Crippen LogP contribution is -2.46. The Hall–Kier alpha value is -2.40. The molecule has 2 aromatic rings. The van der Waals surface area contributed by atoms with Crippen molar-refractivity contribution < 1.29 is 13.9 Å². The Morgan fingerprint density at radius 1 is 1.15 bits per heavy atom. The second-order valence-corrected chi connectivity index (χ2v) is 6.80. The highest BCUT2D eigenvalue weighted by Gasteiger charge is 2.29. The maximum absolute atomic E-state index is 14.2. The minimum absolute atomic E-state index is 0.111. The number of benzene rings is 2. The van der Waals surface area contributed by atoms with Crippen LogP contribution in [0, 0.1) is 5.82 Å². The third-order valence-corrected chi connectivity index (χ3v) is 5.01. The van der Waals surface area contributed by atoms with Crippen LogP contribution in [0.3, 0.4) is 0 Å². The first-order valence-electron chi connectivity index (χ1n) is 8.95. The number of carbonyl (C=O) groups excluding carboxylic acids is 1. The number of ether oxygens (including phenoxy) is 1. The van der Waals surface area contributed by atoms with E-state index in [9.17, 15) is 9.18 Å². The van der Waals surface area contributed by atoms with Crippen LogP contribution < -0.4 is 4.74 Å². The number of amides is 1. The fraction of sp³-hybridized carbons (Fsp3) is 0.381. The maximum atomic E-state index is 14.2. The highest BCUT2D eigenvalue weighted by atomic mass is 19.1. The topological polar surface area (TPSA) is 32.8 Å². The molecule has 0 radical (unpaired) electrons. The number of likely N-dealkylation sites (tertiary alicyclic amines) is 1. The first kappa shape index (κ1) is 18.4. The van der Waals surface area contributed by atoms with E-state index in [-0.39, 0.29) is 17.5 Å². The van der Waals surface area contributed by atoms with Gasteiger partial charge in [0.1, 0.15) is 11.6 Å². The molecule has 3 rings (SSSR count). The van der Waals surface area contributed by atoms with Crippen LogP contribution in [-0.4, -0.2) is 49.0 Å². The van der Waals surface area contributed by atoms with Gasteiger partial charge in [0.25, 0.3) is 5.91 Å². The number of carbonyl (C=O) groups is 1. The SMILES string of the molecule is COc1ccc(CN(C(=O)c2ccccc2F)C2CCN(C)CC2)cc1. The molecule has 0 saturated carbocycles. The monoisotopic (exact) mass is 356 g/mol. The Bertz CT molecular complexity index is 740. The summed E-state index contributed by atoms with van der Waals surface area (Å²) < 4.78 is 19.4. The zero-order chi connectivity index (χ0) is 18.5. The molecular weight excluding hydrogens is 331 g/mol. The Morgan fingerprint density at radius 2 is 1.81 bits per heavy atom. The van der Waals surface area contributed by atoms with Crippen molar-refractivity contribution in [1.82, 2.24) is 9.80 Å². The molecule has 1 aliphatic heterocycles. The molecule has 1 aliphatic rings. The highest BCUT2D eigenvalue weighted by Crippen LogP contribution is 2.23. The Labute approximate surface area is 154 Å². The third kappa shape index (κ3) is 4.22. The van der Waals surface area contributed by atoms with Crippen molar-refractivity contribution in [3.05, 3.63) is 65.5 Å². The third-order valence-electron chi connectivity index (χ3n) is 5.01. The van der Waals surface area contributed by atoms with Gasteiger partial charge in [0.05, 0.1) is 12.7 Å². The summed E-state index contributed by atoms with van der Waals surface area (Å²) in [5.74, 6) is 0.0682. The average molecular weight is 356 g/mol. The maximum Gasteiger partial charge on any atom is 0.257 e. The van der Waals surface area contributed by atoms with Crippen LogP contribution >= 0.6 is 0 Å². The number of hydrogen-bond acceptors (Lipinski definition) is 3. The van der Waals surface area contributed by atoms with Crippen molar-refractivity contribution in [2.24, 2.45) is 0 Å². The molecule has 4 nitrogen and oxygen atoms in total. The molecule has 0 spiro atoms. The van der Waals surface area contributed by atoms with E-state index < -0.39 is 5.82 Å². The smallest absolute Gasteiger partial charge is 0.257 e. The van der Waals surface area contributed by atoms with Crippen LogP contribution in [0.25, 0.3) is 0 Å². The number of hydrogen-bond donors (Lipinski definition) is 0. The molecule has 0 bridgehead atoms. The summed E-state index contributed by atoms with van der Waals surface area (Å²) in [7, 11) is 3.71. The van der Waals surface area contributed by atoms with E-state index in [0.717, 1.165) is 37.2 Å². The lowest BCUT2D eigenvalue weighted by Gasteiger charge is -2.37. The number of nitrogens with zero attached hydrogens (tertiary/aromatic N) is 2. The van der Waals surface area contributed by atoms with E-state index in [0.29, 0.717) is 6.54 Å². The van der Waals surface area contributed by atoms with E-state index in [1.807, 2.05) is 29.2 Å². The van der Waals surface area contributed by atoms with Crippen molar-refractivity contribution in [1.29, 1.82) is 0 Å². The predicted octanol–water partition coefficient (Wildman–Crippen LogP) is 3.57. The van der Waals surface area contributed by atoms with Gasteiger partial charge in [-0.3, -0.25) is 4.79 Å². The highest BCUT2D eigenvalue weighted by molar-refractivity contribution is 5.94. The van der Waals surface area contributed by atoms with E-state index in [2.05, 4.69) is 11.9 Å². The van der Waals surface area contributed by atoms with Crippen molar-refractivity contribution in [3.63, 3.8) is 0 Å². The van der Waals surface area contributed by atoms with Gasteiger partial charge >= 0.3 is 0 Å². The summed E-state index contributed by atoms with van der Waals surface area (Å²) in [4.78, 5) is 17.2. The number of rotatable bonds is 5. The van der Waals surface area contributed by atoms with Gasteiger partial charge in [0, 0.05) is 12.6 Å². The van der Waals surface area contributed by atoms with Gasteiger partial charge in [-0.15, -0.1) is 0 Å². The second-order valence-electron chi connectivity index (χ2n) is 6.80. The Kier molecular flexibility index (Phi) is 5.89. The van der Waals surface area contributed by atoms with Gasteiger partial charge in [-0.2, -0.15) is 0 Å². The molecule has 1 amide bonds. The fourth-order valence-electron chi connectivity index (χ4n) is 3.39. The quantitative estimate of drug-likeness (QED) is 0.821. The molecule has 26 heavy (non-hydrogen) atoms. The molecule has 0 unspecified atom stereocenters. The summed E-state index contributed by atoms with van der Waals surface area (Å²) in [5.41, 5.74) is 1.15. The van der Waals surface area contributed by atoms with Crippen LogP contribution in [0.5, 0.6) is 5.75 Å². The van der Waals surface area contributed by atoms with Gasteiger partial charge in [0.2, 0.25) is 0 Å². The molecule has 138 valence electrons. The molecule has 2 aromatic carbocycles. The molecule has 0 aromatic heterocycles. The standard InChI is InChI=1S/C21H25FN2O2/c1-23-13-11-17(12-14-23)24(15-16-7-9-18(26-2)10-8-16)21(25)19-5-3-4-6-20(19)22/h3-10,17H,11-15H2,1-2H3. The van der Waals surface area contributed by atoms with E-state index in [4.69, 9.17) is 4.74 Å². The molecule has 1 fully saturated rings. The normalized spacial score (nSPS) is 15.7. The molecule has 1 heterocycles. The van der Waals surface area contributed by atoms with Gasteiger partial charge in [-0.1, -0.05) is 24.3 Å². The lowest BCUT2D eigenvalue weighted by atomic mass is 10.0. The molecule has 1 saturated heterocycles. The Balaban J connectivity index is 1.85. The average Bonchev–Trinajstić information content (AvgIpc) is 2.67. The summed E-state index contributed by atoms with van der Waals surface area (Å²) in [6, 6.07) is 14.0. The van der Waals surface area contributed by atoms with Crippen molar-refractivity contribution >= 4 is 5.91 Å². The summed E-state index contributed by atoms with van der Waals surface area (Å²) in [5, 5.41) is 0. The summed E-state index contributed by atoms with van der Waals surface area (Å²) in [6.07, 6.45) is 1.79. The zero-order valence-electron chi connectivity index (χ0n) is 15.3. The second kappa shape index (κ2) is 8.32. The van der Waals surface area contributed by atoms with Gasteiger partial charge in [0.15, 0.2) is 0 Å². The van der Waals surface area contributed by atoms with Crippen LogP contribution in [0.2, 0.25) is 0 Å². The largest absolute Gasteiger partial charge is 0.497 e. The van der Waals surface area contributed by atoms with E-state index >= 15 is 0 Å². The summed E-state index contributed by atoms with van der Waals surface area (Å²) >= 11 is 0. The van der Waals surface area contributed by atoms with Crippen molar-refractivity contribution in [2.45, 2.75) is 25.4 Å². The van der Waals surface area contributed by atoms with Gasteiger partial charge in [-0.05, 0) is 62.8 Å². The summed E-state index contributed by atoms with van der Waals surface area (Å²) in [6.45, 7) is 2.34. The van der Waals surface area contributed by atoms with Crippen molar-refractivity contribution in [2.75, 3.05) is 27.2 Å². The number of piperidine rings is 1. The van der Waals surface area contributed by atoms with Crippen LogP contribution in [-0.2, 0) is 6.54 Å². The minimum Gasteiger partial charge on any atom is -0.497 e. The minimum atomic E-state index is -0.467. The fourth-order valence-corrected chi connectivity index (χ4v) is 3.39. The zero-order valence-corrected chi connectivity index (χ0v) is 15.3. The lowest BCUT2D eigenvalue weighted by molar-refractivity contribution is 0.0565. The van der Waals surface area contributed by atoms with Crippen LogP contribution in [0.4, 0.5) is 4.39 Å². The first-order valence-corrected chi connectivity index (χ1v) is 8.95. The van der Waals surface area contributed by atoms with Crippen LogP contribution in [0.15, 0.2) is 48.5 Å². The van der Waals surface area contributed by atoms with Crippen molar-refractivity contribution in [3.8, 4) is 5.75 Å². The van der Waals surface area contributed by atoms with Gasteiger partial charge in [-0.25, -0.2) is 4.39 Å². The molecule has 5 heteroatoms. The number of halogens is 1. The molecule has 0 N–H and O–H groups in total. The van der Waals surface area contributed by atoms with Crippen LogP contribution in [0.1, 0.15) is 28.8 Å². The van der Waals surface area contributed by atoms with Gasteiger partial charge < -0.3 is 14.5 Å². The Morgan fingerprint density at radius 3 is 2.42 bits per heavy atom. The van der Waals surface area contributed by atoms with E-state index in [1.165, 1.54) is 6.07 Å². The predicted molar refractivity (Wildman–Crippen MR) is 99.8 cm³/mol. The molecule has 0 aliphatic carbocycles. The molecule has 0 atom stereocenters.